The SMILES string of the molecule is N#Cc1ncccc1NCC(F)(F)C(F)F. The Morgan fingerprint density at radius 3 is 2.75 bits per heavy atom. The molecule has 0 aliphatic carbocycles. The molecule has 0 saturated carbocycles. The highest BCUT2D eigenvalue weighted by Gasteiger charge is 2.40. The molecule has 0 spiro atoms. The second-order valence-corrected chi connectivity index (χ2v) is 2.93. The molecule has 0 radical (unpaired) electrons. The molecule has 0 aromatic carbocycles. The average molecular weight is 233 g/mol. The predicted molar refractivity (Wildman–Crippen MR) is 48.4 cm³/mol. The van der Waals surface area contributed by atoms with Gasteiger partial charge in [-0.05, 0) is 12.1 Å². The number of aromatic nitrogens is 1. The summed E-state index contributed by atoms with van der Waals surface area (Å²) in [6.45, 7) is -1.25. The van der Waals surface area contributed by atoms with Gasteiger partial charge in [-0.25, -0.2) is 13.8 Å². The number of anilines is 1. The molecule has 16 heavy (non-hydrogen) atoms. The third kappa shape index (κ3) is 2.82. The summed E-state index contributed by atoms with van der Waals surface area (Å²) in [4.78, 5) is 3.59. The Balaban J connectivity index is 2.72. The van der Waals surface area contributed by atoms with Crippen molar-refractivity contribution >= 4 is 5.69 Å². The average Bonchev–Trinajstić information content (AvgIpc) is 2.26. The minimum atomic E-state index is -4.14. The lowest BCUT2D eigenvalue weighted by Crippen LogP contribution is -2.35. The Hall–Kier alpha value is -1.84. The third-order valence-corrected chi connectivity index (χ3v) is 1.75. The van der Waals surface area contributed by atoms with Crippen molar-refractivity contribution in [2.75, 3.05) is 11.9 Å². The topological polar surface area (TPSA) is 48.7 Å². The highest BCUT2D eigenvalue weighted by Crippen LogP contribution is 2.23. The van der Waals surface area contributed by atoms with Gasteiger partial charge in [-0.2, -0.15) is 14.0 Å². The Morgan fingerprint density at radius 1 is 1.50 bits per heavy atom. The van der Waals surface area contributed by atoms with Gasteiger partial charge in [-0.1, -0.05) is 0 Å². The van der Waals surface area contributed by atoms with Crippen LogP contribution in [-0.2, 0) is 0 Å². The third-order valence-electron chi connectivity index (χ3n) is 1.75. The molecule has 1 aromatic rings. The molecule has 1 rings (SSSR count). The van der Waals surface area contributed by atoms with E-state index in [0.717, 1.165) is 0 Å². The van der Waals surface area contributed by atoms with Crippen LogP contribution in [-0.4, -0.2) is 23.9 Å². The zero-order valence-corrected chi connectivity index (χ0v) is 7.92. The van der Waals surface area contributed by atoms with Crippen LogP contribution in [0.15, 0.2) is 18.3 Å². The van der Waals surface area contributed by atoms with Crippen molar-refractivity contribution in [2.45, 2.75) is 12.3 Å². The van der Waals surface area contributed by atoms with Crippen molar-refractivity contribution in [1.82, 2.24) is 4.98 Å². The zero-order valence-electron chi connectivity index (χ0n) is 7.92. The first-order chi connectivity index (χ1) is 7.47. The number of hydrogen-bond donors (Lipinski definition) is 1. The van der Waals surface area contributed by atoms with Crippen LogP contribution in [0.4, 0.5) is 23.2 Å². The van der Waals surface area contributed by atoms with Gasteiger partial charge in [-0.15, -0.1) is 0 Å². The van der Waals surface area contributed by atoms with E-state index in [1.165, 1.54) is 18.3 Å². The van der Waals surface area contributed by atoms with Crippen LogP contribution in [0, 0.1) is 11.3 Å². The van der Waals surface area contributed by atoms with Gasteiger partial charge in [0, 0.05) is 6.20 Å². The number of alkyl halides is 4. The van der Waals surface area contributed by atoms with E-state index in [-0.39, 0.29) is 11.4 Å². The number of pyridine rings is 1. The number of hydrogen-bond acceptors (Lipinski definition) is 3. The molecule has 86 valence electrons. The van der Waals surface area contributed by atoms with E-state index in [1.807, 2.05) is 0 Å². The van der Waals surface area contributed by atoms with E-state index in [4.69, 9.17) is 5.26 Å². The van der Waals surface area contributed by atoms with Crippen molar-refractivity contribution in [3.63, 3.8) is 0 Å². The van der Waals surface area contributed by atoms with Gasteiger partial charge >= 0.3 is 12.3 Å². The number of nitrogens with zero attached hydrogens (tertiary/aromatic N) is 2. The van der Waals surface area contributed by atoms with E-state index < -0.39 is 18.9 Å². The molecule has 0 bridgehead atoms. The second kappa shape index (κ2) is 4.79. The first kappa shape index (κ1) is 12.2. The van der Waals surface area contributed by atoms with Crippen molar-refractivity contribution in [3.8, 4) is 6.07 Å². The van der Waals surface area contributed by atoms with Crippen LogP contribution in [0.2, 0.25) is 0 Å². The standard InChI is InChI=1S/C9H7F4N3/c10-8(11)9(12,13)5-16-6-2-1-3-15-7(6)4-14/h1-3,8,16H,5H2. The van der Waals surface area contributed by atoms with Crippen LogP contribution < -0.4 is 5.32 Å². The first-order valence-corrected chi connectivity index (χ1v) is 4.22. The lowest BCUT2D eigenvalue weighted by molar-refractivity contribution is -0.117. The van der Waals surface area contributed by atoms with Gasteiger partial charge in [0.2, 0.25) is 0 Å². The Labute approximate surface area is 88.7 Å². The fourth-order valence-corrected chi connectivity index (χ4v) is 0.927. The van der Waals surface area contributed by atoms with Crippen molar-refractivity contribution < 1.29 is 17.6 Å². The maximum absolute atomic E-state index is 12.6. The molecular weight excluding hydrogens is 226 g/mol. The van der Waals surface area contributed by atoms with Crippen molar-refractivity contribution in [1.29, 1.82) is 5.26 Å². The summed E-state index contributed by atoms with van der Waals surface area (Å²) in [7, 11) is 0. The molecule has 1 N–H and O–H groups in total. The number of nitrogens with one attached hydrogen (secondary N) is 1. The van der Waals surface area contributed by atoms with Crippen LogP contribution in [0.5, 0.6) is 0 Å². The lowest BCUT2D eigenvalue weighted by atomic mass is 10.3. The van der Waals surface area contributed by atoms with E-state index in [2.05, 4.69) is 10.3 Å². The number of nitriles is 1. The van der Waals surface area contributed by atoms with E-state index >= 15 is 0 Å². The van der Waals surface area contributed by atoms with Crippen molar-refractivity contribution in [2.24, 2.45) is 0 Å². The van der Waals surface area contributed by atoms with E-state index in [9.17, 15) is 17.6 Å². The largest absolute Gasteiger partial charge is 0.376 e. The summed E-state index contributed by atoms with van der Waals surface area (Å²) < 4.78 is 48.8. The predicted octanol–water partition coefficient (Wildman–Crippen LogP) is 2.27. The van der Waals surface area contributed by atoms with E-state index in [0.29, 0.717) is 0 Å². The Bertz CT molecular complexity index is 400. The summed E-state index contributed by atoms with van der Waals surface area (Å²) >= 11 is 0. The second-order valence-electron chi connectivity index (χ2n) is 2.93. The molecule has 0 saturated heterocycles. The molecule has 0 aliphatic heterocycles. The number of halogens is 4. The zero-order chi connectivity index (χ0) is 12.2. The molecular formula is C9H7F4N3. The maximum atomic E-state index is 12.6. The monoisotopic (exact) mass is 233 g/mol. The van der Waals surface area contributed by atoms with E-state index in [1.54, 1.807) is 6.07 Å². The van der Waals surface area contributed by atoms with Crippen LogP contribution in [0.3, 0.4) is 0 Å². The summed E-state index contributed by atoms with van der Waals surface area (Å²) in [5.74, 6) is -4.14. The van der Waals surface area contributed by atoms with Gasteiger partial charge in [0.1, 0.15) is 6.07 Å². The lowest BCUT2D eigenvalue weighted by Gasteiger charge is -2.16. The smallest absolute Gasteiger partial charge is 0.324 e. The van der Waals surface area contributed by atoms with Gasteiger partial charge in [-0.3, -0.25) is 0 Å². The summed E-state index contributed by atoms with van der Waals surface area (Å²) in [5, 5.41) is 10.6. The van der Waals surface area contributed by atoms with Crippen LogP contribution >= 0.6 is 0 Å². The summed E-state index contributed by atoms with van der Waals surface area (Å²) in [6.07, 6.45) is -2.45. The highest BCUT2D eigenvalue weighted by molar-refractivity contribution is 5.53. The van der Waals surface area contributed by atoms with Gasteiger partial charge in [0.25, 0.3) is 0 Å². The quantitative estimate of drug-likeness (QED) is 0.811. The van der Waals surface area contributed by atoms with Crippen LogP contribution in [0.25, 0.3) is 0 Å². The highest BCUT2D eigenvalue weighted by atomic mass is 19.3. The van der Waals surface area contributed by atoms with Gasteiger partial charge in [0.05, 0.1) is 12.2 Å². The Morgan fingerprint density at radius 2 is 2.19 bits per heavy atom. The van der Waals surface area contributed by atoms with Gasteiger partial charge in [0.15, 0.2) is 5.69 Å². The molecule has 0 unspecified atom stereocenters. The summed E-state index contributed by atoms with van der Waals surface area (Å²) in [5.41, 5.74) is -0.113. The molecule has 7 heteroatoms. The van der Waals surface area contributed by atoms with Gasteiger partial charge < -0.3 is 5.32 Å². The molecule has 0 aliphatic rings. The first-order valence-electron chi connectivity index (χ1n) is 4.22. The fraction of sp³-hybridized carbons (Fsp3) is 0.333. The van der Waals surface area contributed by atoms with Crippen molar-refractivity contribution in [3.05, 3.63) is 24.0 Å². The maximum Gasteiger partial charge on any atom is 0.324 e. The minimum Gasteiger partial charge on any atom is -0.376 e. The molecule has 3 nitrogen and oxygen atoms in total. The van der Waals surface area contributed by atoms with Crippen LogP contribution in [0.1, 0.15) is 5.69 Å². The molecule has 1 heterocycles. The minimum absolute atomic E-state index is 0.00493. The molecule has 1 aromatic heterocycles. The molecule has 0 amide bonds. The summed E-state index contributed by atoms with van der Waals surface area (Å²) in [6, 6.07) is 4.37. The molecule has 0 atom stereocenters. The fourth-order valence-electron chi connectivity index (χ4n) is 0.927. The normalized spacial score (nSPS) is 11.2. The molecule has 0 fully saturated rings. The number of rotatable bonds is 4. The Kier molecular flexibility index (Phi) is 3.66.